The van der Waals surface area contributed by atoms with Crippen LogP contribution < -0.4 is 14.8 Å². The second-order valence-corrected chi connectivity index (χ2v) is 3.32. The smallest absolute Gasteiger partial charge is 0.244 e. The molecule has 0 aliphatic heterocycles. The average Bonchev–Trinajstić information content (AvgIpc) is 2.42. The average molecular weight is 246 g/mol. The number of carbonyl (C=O) groups excluding carboxylic acids is 1. The van der Waals surface area contributed by atoms with Crippen LogP contribution in [0, 0.1) is 11.3 Å². The topological polar surface area (TPSA) is 71.3 Å². The molecule has 0 saturated heterocycles. The summed E-state index contributed by atoms with van der Waals surface area (Å²) in [6.45, 7) is -0.00485. The molecule has 5 nitrogen and oxygen atoms in total. The molecule has 0 aliphatic rings. The van der Waals surface area contributed by atoms with E-state index in [2.05, 4.69) is 5.32 Å². The number of nitrogens with zero attached hydrogens (tertiary/aromatic N) is 1. The third-order valence-corrected chi connectivity index (χ3v) is 2.18. The minimum Gasteiger partial charge on any atom is -0.493 e. The van der Waals surface area contributed by atoms with Crippen molar-refractivity contribution < 1.29 is 14.3 Å². The van der Waals surface area contributed by atoms with E-state index in [0.717, 1.165) is 5.56 Å². The Labute approximate surface area is 106 Å². The molecule has 0 aromatic heterocycles. The lowest BCUT2D eigenvalue weighted by atomic mass is 10.2. The molecule has 5 heteroatoms. The normalized spacial score (nSPS) is 9.83. The standard InChI is InChI=1S/C13H14N2O3/c1-17-11-5-3-10(9-12(11)18-2)4-6-13(16)15-8-7-14/h3-6,9H,8H2,1-2H3,(H,15,16). The summed E-state index contributed by atoms with van der Waals surface area (Å²) in [6, 6.07) is 7.14. The third kappa shape index (κ3) is 3.83. The number of benzene rings is 1. The zero-order valence-corrected chi connectivity index (χ0v) is 10.3. The molecule has 0 fully saturated rings. The third-order valence-electron chi connectivity index (χ3n) is 2.18. The molecule has 0 bridgehead atoms. The predicted molar refractivity (Wildman–Crippen MR) is 67.2 cm³/mol. The SMILES string of the molecule is COc1ccc(C=CC(=O)NCC#N)cc1OC. The van der Waals surface area contributed by atoms with E-state index in [1.165, 1.54) is 6.08 Å². The van der Waals surface area contributed by atoms with Crippen molar-refractivity contribution in [3.8, 4) is 17.6 Å². The van der Waals surface area contributed by atoms with Crippen LogP contribution in [0.5, 0.6) is 11.5 Å². The van der Waals surface area contributed by atoms with Gasteiger partial charge in [0, 0.05) is 6.08 Å². The maximum Gasteiger partial charge on any atom is 0.244 e. The molecular formula is C13H14N2O3. The molecule has 0 atom stereocenters. The van der Waals surface area contributed by atoms with Crippen LogP contribution in [0.4, 0.5) is 0 Å². The maximum absolute atomic E-state index is 11.2. The van der Waals surface area contributed by atoms with Gasteiger partial charge in [-0.3, -0.25) is 4.79 Å². The molecule has 0 unspecified atom stereocenters. The monoisotopic (exact) mass is 246 g/mol. The van der Waals surface area contributed by atoms with Crippen molar-refractivity contribution in [3.05, 3.63) is 29.8 Å². The van der Waals surface area contributed by atoms with E-state index < -0.39 is 0 Å². The highest BCUT2D eigenvalue weighted by atomic mass is 16.5. The fraction of sp³-hybridized carbons (Fsp3) is 0.231. The van der Waals surface area contributed by atoms with Crippen molar-refractivity contribution in [2.45, 2.75) is 0 Å². The number of methoxy groups -OCH3 is 2. The minimum atomic E-state index is -0.314. The van der Waals surface area contributed by atoms with E-state index in [1.807, 2.05) is 6.07 Å². The second-order valence-electron chi connectivity index (χ2n) is 3.32. The number of nitriles is 1. The lowest BCUT2D eigenvalue weighted by molar-refractivity contribution is -0.116. The van der Waals surface area contributed by atoms with Crippen molar-refractivity contribution in [2.75, 3.05) is 20.8 Å². The first-order chi connectivity index (χ1) is 8.71. The molecule has 1 aromatic carbocycles. The molecule has 0 radical (unpaired) electrons. The highest BCUT2D eigenvalue weighted by Crippen LogP contribution is 2.27. The predicted octanol–water partition coefficient (Wildman–Crippen LogP) is 1.36. The first-order valence-electron chi connectivity index (χ1n) is 5.26. The Morgan fingerprint density at radius 2 is 2.11 bits per heavy atom. The zero-order valence-electron chi connectivity index (χ0n) is 10.3. The summed E-state index contributed by atoms with van der Waals surface area (Å²) in [5, 5.41) is 10.7. The molecule has 1 rings (SSSR count). The number of amides is 1. The maximum atomic E-state index is 11.2. The van der Waals surface area contributed by atoms with Crippen molar-refractivity contribution in [1.29, 1.82) is 5.26 Å². The van der Waals surface area contributed by atoms with Gasteiger partial charge in [-0.15, -0.1) is 0 Å². The fourth-order valence-corrected chi connectivity index (χ4v) is 1.31. The molecular weight excluding hydrogens is 232 g/mol. The number of ether oxygens (including phenoxy) is 2. The summed E-state index contributed by atoms with van der Waals surface area (Å²) in [5.74, 6) is 0.909. The summed E-state index contributed by atoms with van der Waals surface area (Å²) >= 11 is 0. The van der Waals surface area contributed by atoms with Gasteiger partial charge in [0.05, 0.1) is 20.3 Å². The van der Waals surface area contributed by atoms with Gasteiger partial charge in [0.2, 0.25) is 5.91 Å². The van der Waals surface area contributed by atoms with Gasteiger partial charge in [-0.2, -0.15) is 5.26 Å². The van der Waals surface area contributed by atoms with Gasteiger partial charge in [-0.25, -0.2) is 0 Å². The highest BCUT2D eigenvalue weighted by molar-refractivity contribution is 5.91. The van der Waals surface area contributed by atoms with Crippen molar-refractivity contribution in [3.63, 3.8) is 0 Å². The van der Waals surface area contributed by atoms with Gasteiger partial charge in [0.25, 0.3) is 0 Å². The van der Waals surface area contributed by atoms with Crippen molar-refractivity contribution in [2.24, 2.45) is 0 Å². The van der Waals surface area contributed by atoms with E-state index >= 15 is 0 Å². The van der Waals surface area contributed by atoms with Crippen molar-refractivity contribution >= 4 is 12.0 Å². The number of carbonyl (C=O) groups is 1. The minimum absolute atomic E-state index is 0.00485. The van der Waals surface area contributed by atoms with E-state index in [-0.39, 0.29) is 12.5 Å². The number of hydrogen-bond acceptors (Lipinski definition) is 4. The van der Waals surface area contributed by atoms with Crippen LogP contribution in [0.3, 0.4) is 0 Å². The molecule has 0 saturated carbocycles. The summed E-state index contributed by atoms with van der Waals surface area (Å²) in [6.07, 6.45) is 2.99. The Hall–Kier alpha value is -2.48. The lowest BCUT2D eigenvalue weighted by Gasteiger charge is -2.07. The number of nitrogens with one attached hydrogen (secondary N) is 1. The van der Waals surface area contributed by atoms with Crippen LogP contribution in [-0.2, 0) is 4.79 Å². The Morgan fingerprint density at radius 3 is 2.72 bits per heavy atom. The Balaban J connectivity index is 2.76. The van der Waals surface area contributed by atoms with Gasteiger partial charge in [-0.1, -0.05) is 6.07 Å². The van der Waals surface area contributed by atoms with E-state index in [4.69, 9.17) is 14.7 Å². The molecule has 0 spiro atoms. The molecule has 1 amide bonds. The molecule has 0 aliphatic carbocycles. The first kappa shape index (κ1) is 13.6. The summed E-state index contributed by atoms with van der Waals surface area (Å²) in [5.41, 5.74) is 0.805. The van der Waals surface area contributed by atoms with E-state index in [0.29, 0.717) is 11.5 Å². The Morgan fingerprint density at radius 1 is 1.39 bits per heavy atom. The quantitative estimate of drug-likeness (QED) is 0.629. The molecule has 94 valence electrons. The first-order valence-corrected chi connectivity index (χ1v) is 5.26. The summed E-state index contributed by atoms with van der Waals surface area (Å²) in [7, 11) is 3.10. The number of hydrogen-bond donors (Lipinski definition) is 1. The van der Waals surface area contributed by atoms with Crippen molar-refractivity contribution in [1.82, 2.24) is 5.32 Å². The highest BCUT2D eigenvalue weighted by Gasteiger charge is 2.02. The summed E-state index contributed by atoms with van der Waals surface area (Å²) < 4.78 is 10.3. The fourth-order valence-electron chi connectivity index (χ4n) is 1.31. The number of rotatable bonds is 5. The largest absolute Gasteiger partial charge is 0.493 e. The van der Waals surface area contributed by atoms with E-state index in [1.54, 1.807) is 38.5 Å². The van der Waals surface area contributed by atoms with Crippen LogP contribution in [0.15, 0.2) is 24.3 Å². The van der Waals surface area contributed by atoms with Gasteiger partial charge in [0.1, 0.15) is 6.54 Å². The van der Waals surface area contributed by atoms with Crippen LogP contribution >= 0.6 is 0 Å². The van der Waals surface area contributed by atoms with Crippen LogP contribution in [0.2, 0.25) is 0 Å². The van der Waals surface area contributed by atoms with Gasteiger partial charge in [0.15, 0.2) is 11.5 Å². The Kier molecular flexibility index (Phi) is 5.26. The van der Waals surface area contributed by atoms with E-state index in [9.17, 15) is 4.79 Å². The molecule has 1 N–H and O–H groups in total. The summed E-state index contributed by atoms with van der Waals surface area (Å²) in [4.78, 5) is 11.2. The zero-order chi connectivity index (χ0) is 13.4. The van der Waals surface area contributed by atoms with Gasteiger partial charge in [-0.05, 0) is 23.8 Å². The van der Waals surface area contributed by atoms with Crippen LogP contribution in [0.25, 0.3) is 6.08 Å². The van der Waals surface area contributed by atoms with Crippen LogP contribution in [0.1, 0.15) is 5.56 Å². The molecule has 0 heterocycles. The van der Waals surface area contributed by atoms with Gasteiger partial charge < -0.3 is 14.8 Å². The lowest BCUT2D eigenvalue weighted by Crippen LogP contribution is -2.20. The Bertz CT molecular complexity index is 489. The molecule has 18 heavy (non-hydrogen) atoms. The molecule has 1 aromatic rings. The van der Waals surface area contributed by atoms with Crippen LogP contribution in [-0.4, -0.2) is 26.7 Å². The second kappa shape index (κ2) is 6.97. The van der Waals surface area contributed by atoms with Gasteiger partial charge >= 0.3 is 0 Å².